The van der Waals surface area contributed by atoms with E-state index in [1.165, 1.54) is 0 Å². The van der Waals surface area contributed by atoms with Gasteiger partial charge in [0.25, 0.3) is 0 Å². The van der Waals surface area contributed by atoms with Crippen LogP contribution in [0.15, 0.2) is 103 Å². The minimum absolute atomic E-state index is 0.176. The van der Waals surface area contributed by atoms with Gasteiger partial charge in [0.15, 0.2) is 25.5 Å². The van der Waals surface area contributed by atoms with Gasteiger partial charge >= 0.3 is 7.63 Å². The molecule has 1 unspecified atom stereocenters. The van der Waals surface area contributed by atoms with Crippen molar-refractivity contribution in [3.63, 3.8) is 0 Å². The summed E-state index contributed by atoms with van der Waals surface area (Å²) in [6.07, 6.45) is 0. The highest BCUT2D eigenvalue weighted by Gasteiger charge is 2.52. The molecule has 4 aromatic carbocycles. The Morgan fingerprint density at radius 2 is 0.812 bits per heavy atom. The van der Waals surface area contributed by atoms with E-state index < -0.39 is 7.63 Å². The maximum atomic E-state index is 6.73. The summed E-state index contributed by atoms with van der Waals surface area (Å²) in [6.45, 7) is 6.12. The molecule has 0 radical (unpaired) electrons. The Kier molecular flexibility index (Phi) is 7.10. The van der Waals surface area contributed by atoms with Crippen molar-refractivity contribution in [2.45, 2.75) is 20.8 Å². The van der Waals surface area contributed by atoms with Gasteiger partial charge in [0, 0.05) is 5.30 Å². The van der Waals surface area contributed by atoms with Crippen molar-refractivity contribution in [2.75, 3.05) is 0 Å². The fourth-order valence-corrected chi connectivity index (χ4v) is 8.15. The van der Waals surface area contributed by atoms with Crippen LogP contribution < -0.4 is 18.9 Å². The van der Waals surface area contributed by atoms with Gasteiger partial charge in [-0.25, -0.2) is 0 Å². The van der Waals surface area contributed by atoms with Gasteiger partial charge in [0.1, 0.15) is 0 Å². The second kappa shape index (κ2) is 10.2. The van der Waals surface area contributed by atoms with Crippen LogP contribution in [0.4, 0.5) is 0 Å². The van der Waals surface area contributed by atoms with E-state index in [-0.39, 0.29) is 8.27 Å². The molecule has 0 heterocycles. The number of rotatable bonds is 8. The second-order valence-corrected chi connectivity index (χ2v) is 12.2. The van der Waals surface area contributed by atoms with E-state index in [0.29, 0.717) is 0 Å². The molecule has 0 saturated heterocycles. The summed E-state index contributed by atoms with van der Waals surface area (Å²) < 4.78 is 20.2. The van der Waals surface area contributed by atoms with E-state index >= 15 is 0 Å². The summed E-state index contributed by atoms with van der Waals surface area (Å²) in [5.41, 5.74) is 3.12. The zero-order valence-electron chi connectivity index (χ0n) is 18.5. The van der Waals surface area contributed by atoms with E-state index in [1.807, 2.05) is 112 Å². The normalized spacial score (nSPS) is 11.5. The molecule has 0 aliphatic rings. The Hall–Kier alpha value is -2.86. The number of para-hydroxylation sites is 3. The summed E-state index contributed by atoms with van der Waals surface area (Å²) in [6, 6.07) is 34.3. The summed E-state index contributed by atoms with van der Waals surface area (Å²) in [5.74, 6) is 2.31. The van der Waals surface area contributed by atoms with E-state index in [9.17, 15) is 0 Å². The lowest BCUT2D eigenvalue weighted by molar-refractivity contribution is 0.375. The van der Waals surface area contributed by atoms with Gasteiger partial charge in [0.05, 0.1) is 0 Å². The molecule has 0 aliphatic heterocycles. The number of aryl methyl sites for hydroxylation is 3. The Morgan fingerprint density at radius 3 is 1.19 bits per heavy atom. The fraction of sp³-hybridized carbons (Fsp3) is 0.111. The van der Waals surface area contributed by atoms with Crippen LogP contribution in [0.2, 0.25) is 0 Å². The Balaban J connectivity index is 1.83. The molecule has 162 valence electrons. The fourth-order valence-electron chi connectivity index (χ4n) is 3.16. The third-order valence-electron chi connectivity index (χ3n) is 4.98. The maximum absolute atomic E-state index is 6.73. The Morgan fingerprint density at radius 1 is 0.469 bits per heavy atom. The average Bonchev–Trinajstić information content (AvgIpc) is 2.79. The van der Waals surface area contributed by atoms with Crippen LogP contribution >= 0.6 is 15.9 Å². The smallest absolute Gasteiger partial charge is 0.270 e. The minimum Gasteiger partial charge on any atom is -0.270 e. The van der Waals surface area contributed by atoms with Gasteiger partial charge in [-0.3, -0.25) is 13.6 Å². The van der Waals surface area contributed by atoms with E-state index in [2.05, 4.69) is 12.1 Å². The van der Waals surface area contributed by atoms with Gasteiger partial charge in [0.2, 0.25) is 0 Å². The molecular formula is C27H27O3P2+. The highest BCUT2D eigenvalue weighted by molar-refractivity contribution is 8.27. The second-order valence-electron chi connectivity index (χ2n) is 7.55. The number of benzene rings is 4. The van der Waals surface area contributed by atoms with Crippen molar-refractivity contribution in [3.05, 3.63) is 120 Å². The lowest BCUT2D eigenvalue weighted by Crippen LogP contribution is -2.15. The molecule has 0 N–H and O–H groups in total. The Bertz CT molecular complexity index is 1060. The molecule has 1 atom stereocenters. The topological polar surface area (TPSA) is 27.7 Å². The molecule has 0 aromatic heterocycles. The van der Waals surface area contributed by atoms with Gasteiger partial charge in [-0.2, -0.15) is 0 Å². The standard InChI is InChI=1S/C27H27O3P2/c1-21-13-7-10-18-25(21)28-32(31-24-16-5-4-6-17-24,29-26-19-11-8-14-22(26)2)30-27-20-12-9-15-23(27)3/h4-20,31H,1-3H3/q+1. The SMILES string of the molecule is Cc1ccccc1O[P+](Oc1ccccc1C)(Oc1ccccc1C)Pc1ccccc1. The van der Waals surface area contributed by atoms with E-state index in [0.717, 1.165) is 39.2 Å². The van der Waals surface area contributed by atoms with E-state index in [4.69, 9.17) is 13.6 Å². The Labute approximate surface area is 192 Å². The van der Waals surface area contributed by atoms with Gasteiger partial charge in [-0.15, -0.1) is 0 Å². The van der Waals surface area contributed by atoms with Crippen LogP contribution in [0, 0.1) is 20.8 Å². The molecule has 0 fully saturated rings. The van der Waals surface area contributed by atoms with Crippen molar-refractivity contribution in [1.29, 1.82) is 0 Å². The van der Waals surface area contributed by atoms with Crippen LogP contribution in [0.3, 0.4) is 0 Å². The van der Waals surface area contributed by atoms with Gasteiger partial charge in [-0.1, -0.05) is 84.9 Å². The molecule has 4 aromatic rings. The minimum atomic E-state index is -2.94. The van der Waals surface area contributed by atoms with Crippen LogP contribution in [0.5, 0.6) is 17.2 Å². The van der Waals surface area contributed by atoms with E-state index in [1.54, 1.807) is 0 Å². The molecule has 5 heteroatoms. The molecular weight excluding hydrogens is 434 g/mol. The monoisotopic (exact) mass is 461 g/mol. The lowest BCUT2D eigenvalue weighted by atomic mass is 10.2. The summed E-state index contributed by atoms with van der Waals surface area (Å²) in [7, 11) is -2.76. The largest absolute Gasteiger partial charge is 0.558 e. The van der Waals surface area contributed by atoms with Crippen LogP contribution in [0.25, 0.3) is 0 Å². The molecule has 0 amide bonds. The molecule has 0 spiro atoms. The summed E-state index contributed by atoms with van der Waals surface area (Å²) >= 11 is 0. The summed E-state index contributed by atoms with van der Waals surface area (Å²) in [5, 5.41) is 1.12. The first-order chi connectivity index (χ1) is 15.5. The highest BCUT2D eigenvalue weighted by Crippen LogP contribution is 2.74. The highest BCUT2D eigenvalue weighted by atomic mass is 32.1. The maximum Gasteiger partial charge on any atom is 0.558 e. The van der Waals surface area contributed by atoms with Gasteiger partial charge in [-0.05, 0) is 55.7 Å². The lowest BCUT2D eigenvalue weighted by Gasteiger charge is -2.24. The molecule has 0 saturated carbocycles. The van der Waals surface area contributed by atoms with Crippen molar-refractivity contribution in [3.8, 4) is 17.2 Å². The van der Waals surface area contributed by atoms with Crippen LogP contribution in [-0.2, 0) is 0 Å². The number of hydrogen-bond donors (Lipinski definition) is 0. The third kappa shape index (κ3) is 5.49. The number of hydrogen-bond acceptors (Lipinski definition) is 3. The third-order valence-corrected chi connectivity index (χ3v) is 9.57. The van der Waals surface area contributed by atoms with Crippen molar-refractivity contribution in [2.24, 2.45) is 0 Å². The first kappa shape index (κ1) is 22.3. The molecule has 32 heavy (non-hydrogen) atoms. The quantitative estimate of drug-likeness (QED) is 0.250. The van der Waals surface area contributed by atoms with Crippen LogP contribution in [0.1, 0.15) is 16.7 Å². The first-order valence-corrected chi connectivity index (χ1v) is 13.9. The zero-order valence-corrected chi connectivity index (χ0v) is 20.4. The van der Waals surface area contributed by atoms with Gasteiger partial charge < -0.3 is 0 Å². The zero-order chi connectivity index (χ0) is 22.4. The van der Waals surface area contributed by atoms with Crippen molar-refractivity contribution < 1.29 is 13.6 Å². The summed E-state index contributed by atoms with van der Waals surface area (Å²) in [4.78, 5) is 0. The molecule has 3 nitrogen and oxygen atoms in total. The molecule has 4 rings (SSSR count). The predicted molar refractivity (Wildman–Crippen MR) is 137 cm³/mol. The average molecular weight is 461 g/mol. The molecule has 0 aliphatic carbocycles. The molecule has 0 bridgehead atoms. The predicted octanol–water partition coefficient (Wildman–Crippen LogP) is 7.83. The van der Waals surface area contributed by atoms with Crippen LogP contribution in [-0.4, -0.2) is 0 Å². The van der Waals surface area contributed by atoms with Crippen molar-refractivity contribution in [1.82, 2.24) is 0 Å². The first-order valence-electron chi connectivity index (χ1n) is 10.5. The van der Waals surface area contributed by atoms with Crippen molar-refractivity contribution >= 4 is 21.2 Å².